The van der Waals surface area contributed by atoms with E-state index in [-0.39, 0.29) is 16.9 Å². The summed E-state index contributed by atoms with van der Waals surface area (Å²) in [5, 5.41) is 12.4. The first-order chi connectivity index (χ1) is 12.1. The van der Waals surface area contributed by atoms with Crippen molar-refractivity contribution in [3.8, 4) is 11.4 Å². The number of anilines is 1. The van der Waals surface area contributed by atoms with E-state index in [1.807, 2.05) is 41.0 Å². The van der Waals surface area contributed by atoms with Crippen LogP contribution in [0.4, 0.5) is 5.82 Å². The Morgan fingerprint density at radius 3 is 2.60 bits per heavy atom. The Kier molecular flexibility index (Phi) is 4.27. The first kappa shape index (κ1) is 16.2. The molecule has 1 aliphatic heterocycles. The van der Waals surface area contributed by atoms with Crippen molar-refractivity contribution in [1.82, 2.24) is 9.55 Å². The molecule has 4 rings (SSSR count). The van der Waals surface area contributed by atoms with Gasteiger partial charge in [0.05, 0.1) is 16.7 Å². The van der Waals surface area contributed by atoms with Crippen molar-refractivity contribution in [2.75, 3.05) is 11.1 Å². The minimum absolute atomic E-state index is 0.0615. The fraction of sp³-hybridized carbons (Fsp3) is 0.111. The van der Waals surface area contributed by atoms with Crippen LogP contribution < -0.4 is 5.32 Å². The number of aromatic hydroxyl groups is 1. The van der Waals surface area contributed by atoms with E-state index < -0.39 is 0 Å². The van der Waals surface area contributed by atoms with Crippen molar-refractivity contribution in [1.29, 1.82) is 0 Å². The summed E-state index contributed by atoms with van der Waals surface area (Å²) < 4.78 is 3.00. The fourth-order valence-electron chi connectivity index (χ4n) is 2.82. The number of nitrogens with one attached hydrogen (secondary N) is 1. The van der Waals surface area contributed by atoms with Gasteiger partial charge in [-0.2, -0.15) is 0 Å². The summed E-state index contributed by atoms with van der Waals surface area (Å²) in [6, 6.07) is 15.0. The lowest BCUT2D eigenvalue weighted by molar-refractivity contribution is -0.113. The average Bonchev–Trinajstić information content (AvgIpc) is 2.93. The van der Waals surface area contributed by atoms with E-state index in [1.54, 1.807) is 30.2 Å². The Hall–Kier alpha value is -2.25. The molecule has 0 spiro atoms. The second-order valence-electron chi connectivity index (χ2n) is 5.66. The summed E-state index contributed by atoms with van der Waals surface area (Å²) in [7, 11) is 0. The van der Waals surface area contributed by atoms with E-state index in [2.05, 4.69) is 26.2 Å². The molecule has 1 aliphatic rings. The number of nitrogens with zero attached hydrogens (tertiary/aromatic N) is 2. The molecule has 0 bridgehead atoms. The highest BCUT2D eigenvalue weighted by atomic mass is 79.9. The number of imidazole rings is 1. The smallest absolute Gasteiger partial charge is 0.235 e. The Labute approximate surface area is 157 Å². The fourth-order valence-corrected chi connectivity index (χ4v) is 4.21. The van der Waals surface area contributed by atoms with Crippen molar-refractivity contribution in [3.63, 3.8) is 0 Å². The van der Waals surface area contributed by atoms with E-state index >= 15 is 0 Å². The molecule has 0 aliphatic carbocycles. The number of hydrogen-bond acceptors (Lipinski definition) is 4. The van der Waals surface area contributed by atoms with Gasteiger partial charge in [-0.05, 0) is 42.0 Å². The maximum absolute atomic E-state index is 12.0. The highest BCUT2D eigenvalue weighted by molar-refractivity contribution is 9.10. The second kappa shape index (κ2) is 6.57. The lowest BCUT2D eigenvalue weighted by Gasteiger charge is -2.18. The summed E-state index contributed by atoms with van der Waals surface area (Å²) >= 11 is 5.00. The van der Waals surface area contributed by atoms with Crippen molar-refractivity contribution in [2.45, 2.75) is 5.25 Å². The summed E-state index contributed by atoms with van der Waals surface area (Å²) in [5.41, 5.74) is 2.90. The van der Waals surface area contributed by atoms with Crippen molar-refractivity contribution in [2.24, 2.45) is 0 Å². The van der Waals surface area contributed by atoms with Crippen LogP contribution in [0.1, 0.15) is 16.5 Å². The number of hydrogen-bond donors (Lipinski definition) is 2. The molecule has 5 nitrogen and oxygen atoms in total. The first-order valence-electron chi connectivity index (χ1n) is 7.65. The number of rotatable bonds is 2. The van der Waals surface area contributed by atoms with E-state index in [0.717, 1.165) is 21.4 Å². The molecule has 1 amide bonds. The monoisotopic (exact) mass is 415 g/mol. The van der Waals surface area contributed by atoms with Gasteiger partial charge in [-0.1, -0.05) is 28.1 Å². The molecule has 1 aromatic heterocycles. The van der Waals surface area contributed by atoms with Crippen LogP contribution in [-0.2, 0) is 4.79 Å². The largest absolute Gasteiger partial charge is 0.508 e. The van der Waals surface area contributed by atoms with Crippen LogP contribution in [0.25, 0.3) is 5.69 Å². The Balaban J connectivity index is 1.86. The van der Waals surface area contributed by atoms with Gasteiger partial charge in [-0.15, -0.1) is 11.8 Å². The molecule has 0 radical (unpaired) electrons. The molecule has 1 atom stereocenters. The standard InChI is InChI=1S/C18H14BrN3O2S/c19-12-3-5-13(6-4-12)22-10-20-18-16(22)17(25-9-15(24)21-18)11-1-7-14(23)8-2-11/h1-8,10,17,23H,9H2,(H,21,24)/t17-/m1/s1. The molecular formula is C18H14BrN3O2S. The van der Waals surface area contributed by atoms with Crippen LogP contribution >= 0.6 is 27.7 Å². The zero-order valence-electron chi connectivity index (χ0n) is 13.0. The average molecular weight is 416 g/mol. The van der Waals surface area contributed by atoms with Crippen molar-refractivity contribution in [3.05, 3.63) is 70.6 Å². The molecule has 2 aromatic carbocycles. The van der Waals surface area contributed by atoms with Crippen LogP contribution in [0.15, 0.2) is 59.3 Å². The normalized spacial score (nSPS) is 16.8. The van der Waals surface area contributed by atoms with Crippen LogP contribution in [0.5, 0.6) is 5.75 Å². The molecule has 7 heteroatoms. The molecule has 126 valence electrons. The third-order valence-electron chi connectivity index (χ3n) is 3.99. The molecule has 0 saturated heterocycles. The lowest BCUT2D eigenvalue weighted by Crippen LogP contribution is -2.12. The van der Waals surface area contributed by atoms with Gasteiger partial charge in [0, 0.05) is 10.2 Å². The molecule has 0 fully saturated rings. The predicted molar refractivity (Wildman–Crippen MR) is 102 cm³/mol. The van der Waals surface area contributed by atoms with Crippen LogP contribution in [0.2, 0.25) is 0 Å². The summed E-state index contributed by atoms with van der Waals surface area (Å²) in [4.78, 5) is 16.5. The van der Waals surface area contributed by atoms with Gasteiger partial charge in [0.15, 0.2) is 5.82 Å². The minimum Gasteiger partial charge on any atom is -0.508 e. The van der Waals surface area contributed by atoms with Gasteiger partial charge in [-0.3, -0.25) is 9.36 Å². The number of fused-ring (bicyclic) bond motifs is 1. The third kappa shape index (κ3) is 3.17. The maximum atomic E-state index is 12.0. The summed E-state index contributed by atoms with van der Waals surface area (Å²) in [6.07, 6.45) is 1.73. The topological polar surface area (TPSA) is 67.1 Å². The number of benzene rings is 2. The third-order valence-corrected chi connectivity index (χ3v) is 5.78. The zero-order chi connectivity index (χ0) is 17.4. The zero-order valence-corrected chi connectivity index (χ0v) is 15.4. The van der Waals surface area contributed by atoms with Crippen molar-refractivity contribution >= 4 is 39.4 Å². The van der Waals surface area contributed by atoms with E-state index in [0.29, 0.717) is 11.6 Å². The number of aromatic nitrogens is 2. The maximum Gasteiger partial charge on any atom is 0.235 e. The Morgan fingerprint density at radius 1 is 1.16 bits per heavy atom. The van der Waals surface area contributed by atoms with E-state index in [9.17, 15) is 9.90 Å². The quantitative estimate of drug-likeness (QED) is 0.660. The Morgan fingerprint density at radius 2 is 1.88 bits per heavy atom. The first-order valence-corrected chi connectivity index (χ1v) is 9.49. The second-order valence-corrected chi connectivity index (χ2v) is 7.66. The Bertz CT molecular complexity index is 922. The van der Waals surface area contributed by atoms with Gasteiger partial charge in [0.1, 0.15) is 12.1 Å². The van der Waals surface area contributed by atoms with Crippen LogP contribution in [0.3, 0.4) is 0 Å². The molecule has 0 saturated carbocycles. The molecule has 0 unspecified atom stereocenters. The molecule has 2 N–H and O–H groups in total. The number of carbonyl (C=O) groups is 1. The van der Waals surface area contributed by atoms with Gasteiger partial charge in [0.25, 0.3) is 0 Å². The number of halogens is 1. The SMILES string of the molecule is O=C1CS[C@H](c2ccc(O)cc2)c2c(ncn2-c2ccc(Br)cc2)N1. The van der Waals surface area contributed by atoms with Crippen LogP contribution in [-0.4, -0.2) is 26.3 Å². The number of thioether (sulfide) groups is 1. The van der Waals surface area contributed by atoms with Gasteiger partial charge in [0.2, 0.25) is 5.91 Å². The predicted octanol–water partition coefficient (Wildman–Crippen LogP) is 4.12. The number of phenolic OH excluding ortho intramolecular Hbond substituents is 1. The number of carbonyl (C=O) groups excluding carboxylic acids is 1. The molecular weight excluding hydrogens is 402 g/mol. The van der Waals surface area contributed by atoms with Gasteiger partial charge >= 0.3 is 0 Å². The summed E-state index contributed by atoms with van der Waals surface area (Å²) in [6.45, 7) is 0. The van der Waals surface area contributed by atoms with E-state index in [4.69, 9.17) is 0 Å². The molecule has 3 aromatic rings. The van der Waals surface area contributed by atoms with Gasteiger partial charge in [-0.25, -0.2) is 4.98 Å². The summed E-state index contributed by atoms with van der Waals surface area (Å²) in [5.74, 6) is 1.09. The van der Waals surface area contributed by atoms with Crippen molar-refractivity contribution < 1.29 is 9.90 Å². The minimum atomic E-state index is -0.0688. The number of amides is 1. The van der Waals surface area contributed by atoms with Crippen LogP contribution in [0, 0.1) is 0 Å². The van der Waals surface area contributed by atoms with Gasteiger partial charge < -0.3 is 10.4 Å². The molecule has 2 heterocycles. The number of phenols is 1. The highest BCUT2D eigenvalue weighted by Gasteiger charge is 2.29. The molecule has 25 heavy (non-hydrogen) atoms. The lowest BCUT2D eigenvalue weighted by atomic mass is 10.1. The van der Waals surface area contributed by atoms with E-state index in [1.165, 1.54) is 0 Å². The highest BCUT2D eigenvalue weighted by Crippen LogP contribution is 2.42.